The fourth-order valence-corrected chi connectivity index (χ4v) is 4.61. The molecule has 1 spiro atoms. The van der Waals surface area contributed by atoms with Crippen molar-refractivity contribution < 1.29 is 14.2 Å². The Hall–Kier alpha value is -1.30. The van der Waals surface area contributed by atoms with Gasteiger partial charge in [-0.15, -0.1) is 0 Å². The highest BCUT2D eigenvalue weighted by atomic mass is 16.7. The van der Waals surface area contributed by atoms with Crippen molar-refractivity contribution >= 4 is 0 Å². The van der Waals surface area contributed by atoms with Crippen LogP contribution in [0, 0.1) is 0 Å². The Kier molecular flexibility index (Phi) is 4.41. The predicted molar refractivity (Wildman–Crippen MR) is 92.5 cm³/mol. The molecule has 4 rings (SSSR count). The second kappa shape index (κ2) is 6.54. The standard InChI is InChI=1S/C19H28N2O3/c1-20-16(13-22-2)5-6-19(20)7-9-21(10-8-19)12-15-3-4-17-18(11-15)24-14-23-17/h3-4,11,16H,5-10,12-14H2,1-2H3. The summed E-state index contributed by atoms with van der Waals surface area (Å²) in [6, 6.07) is 6.91. The SMILES string of the molecule is COCC1CCC2(CCN(Cc3ccc4c(c3)OCO4)CC2)N1C. The number of rotatable bonds is 4. The van der Waals surface area contributed by atoms with Gasteiger partial charge in [0.15, 0.2) is 11.5 Å². The molecule has 5 heteroatoms. The third kappa shape index (κ3) is 2.89. The lowest BCUT2D eigenvalue weighted by atomic mass is 9.85. The van der Waals surface area contributed by atoms with E-state index in [4.69, 9.17) is 14.2 Å². The fraction of sp³-hybridized carbons (Fsp3) is 0.684. The molecule has 3 aliphatic rings. The Morgan fingerprint density at radius 1 is 1.17 bits per heavy atom. The second-order valence-corrected chi connectivity index (χ2v) is 7.45. The van der Waals surface area contributed by atoms with Crippen LogP contribution in [-0.4, -0.2) is 62.0 Å². The van der Waals surface area contributed by atoms with Crippen LogP contribution < -0.4 is 9.47 Å². The van der Waals surface area contributed by atoms with Crippen LogP contribution in [-0.2, 0) is 11.3 Å². The molecule has 3 heterocycles. The van der Waals surface area contributed by atoms with Gasteiger partial charge in [0.2, 0.25) is 6.79 Å². The second-order valence-electron chi connectivity index (χ2n) is 7.45. The lowest BCUT2D eigenvalue weighted by Gasteiger charge is -2.45. The van der Waals surface area contributed by atoms with Gasteiger partial charge in [0, 0.05) is 38.3 Å². The summed E-state index contributed by atoms with van der Waals surface area (Å²) in [4.78, 5) is 5.18. The van der Waals surface area contributed by atoms with Crippen LogP contribution in [0.15, 0.2) is 18.2 Å². The molecule has 0 amide bonds. The molecule has 24 heavy (non-hydrogen) atoms. The molecule has 5 nitrogen and oxygen atoms in total. The van der Waals surface area contributed by atoms with E-state index in [9.17, 15) is 0 Å². The maximum absolute atomic E-state index is 5.49. The molecular formula is C19H28N2O3. The zero-order valence-electron chi connectivity index (χ0n) is 14.8. The topological polar surface area (TPSA) is 34.2 Å². The minimum atomic E-state index is 0.347. The molecule has 3 aliphatic heterocycles. The van der Waals surface area contributed by atoms with E-state index >= 15 is 0 Å². The van der Waals surface area contributed by atoms with Crippen molar-refractivity contribution in [2.45, 2.75) is 43.8 Å². The third-order valence-electron chi connectivity index (χ3n) is 6.23. The first-order chi connectivity index (χ1) is 11.7. The molecule has 1 aromatic carbocycles. The number of benzene rings is 1. The number of methoxy groups -OCH3 is 1. The summed E-state index contributed by atoms with van der Waals surface area (Å²) in [7, 11) is 4.11. The number of ether oxygens (including phenoxy) is 3. The Morgan fingerprint density at radius 3 is 2.75 bits per heavy atom. The first kappa shape index (κ1) is 16.2. The highest BCUT2D eigenvalue weighted by Gasteiger charge is 2.45. The third-order valence-corrected chi connectivity index (χ3v) is 6.23. The van der Waals surface area contributed by atoms with Crippen LogP contribution in [0.5, 0.6) is 11.5 Å². The van der Waals surface area contributed by atoms with Gasteiger partial charge in [-0.25, -0.2) is 0 Å². The van der Waals surface area contributed by atoms with Crippen molar-refractivity contribution in [3.05, 3.63) is 23.8 Å². The van der Waals surface area contributed by atoms with E-state index in [2.05, 4.69) is 29.0 Å². The number of hydrogen-bond donors (Lipinski definition) is 0. The molecular weight excluding hydrogens is 304 g/mol. The molecule has 132 valence electrons. The minimum absolute atomic E-state index is 0.347. The smallest absolute Gasteiger partial charge is 0.231 e. The average Bonchev–Trinajstić information content (AvgIpc) is 3.17. The van der Waals surface area contributed by atoms with Crippen molar-refractivity contribution in [3.8, 4) is 11.5 Å². The van der Waals surface area contributed by atoms with Gasteiger partial charge in [0.25, 0.3) is 0 Å². The fourth-order valence-electron chi connectivity index (χ4n) is 4.61. The predicted octanol–water partition coefficient (Wildman–Crippen LogP) is 2.49. The Morgan fingerprint density at radius 2 is 1.96 bits per heavy atom. The molecule has 1 unspecified atom stereocenters. The molecule has 1 atom stereocenters. The quantitative estimate of drug-likeness (QED) is 0.846. The summed E-state index contributed by atoms with van der Waals surface area (Å²) in [5.41, 5.74) is 1.71. The van der Waals surface area contributed by atoms with Crippen molar-refractivity contribution in [1.29, 1.82) is 0 Å². The molecule has 0 aliphatic carbocycles. The molecule has 2 fully saturated rings. The Balaban J connectivity index is 1.35. The molecule has 2 saturated heterocycles. The van der Waals surface area contributed by atoms with Crippen LogP contribution in [0.1, 0.15) is 31.2 Å². The van der Waals surface area contributed by atoms with Gasteiger partial charge in [-0.05, 0) is 50.4 Å². The first-order valence-corrected chi connectivity index (χ1v) is 9.03. The first-order valence-electron chi connectivity index (χ1n) is 9.03. The lowest BCUT2D eigenvalue weighted by Crippen LogP contribution is -2.52. The van der Waals surface area contributed by atoms with E-state index in [0.29, 0.717) is 18.4 Å². The number of likely N-dealkylation sites (N-methyl/N-ethyl adjacent to an activating group) is 1. The van der Waals surface area contributed by atoms with Crippen LogP contribution in [0.4, 0.5) is 0 Å². The van der Waals surface area contributed by atoms with E-state index in [1.165, 1.54) is 44.3 Å². The molecule has 0 N–H and O–H groups in total. The number of piperidine rings is 1. The van der Waals surface area contributed by atoms with E-state index < -0.39 is 0 Å². The van der Waals surface area contributed by atoms with E-state index in [1.54, 1.807) is 0 Å². The molecule has 0 aromatic heterocycles. The summed E-state index contributed by atoms with van der Waals surface area (Å²) in [6.07, 6.45) is 5.10. The summed E-state index contributed by atoms with van der Waals surface area (Å²) >= 11 is 0. The molecule has 0 bridgehead atoms. The van der Waals surface area contributed by atoms with Gasteiger partial charge in [-0.3, -0.25) is 9.80 Å². The van der Waals surface area contributed by atoms with Crippen LogP contribution >= 0.6 is 0 Å². The summed E-state index contributed by atoms with van der Waals surface area (Å²) in [6.45, 7) is 4.54. The molecule has 1 aromatic rings. The van der Waals surface area contributed by atoms with Crippen molar-refractivity contribution in [2.75, 3.05) is 40.6 Å². The monoisotopic (exact) mass is 332 g/mol. The number of likely N-dealkylation sites (tertiary alicyclic amines) is 2. The molecule has 0 saturated carbocycles. The van der Waals surface area contributed by atoms with Crippen molar-refractivity contribution in [1.82, 2.24) is 9.80 Å². The Bertz CT molecular complexity index is 584. The number of fused-ring (bicyclic) bond motifs is 1. The van der Waals surface area contributed by atoms with Crippen LogP contribution in [0.3, 0.4) is 0 Å². The maximum Gasteiger partial charge on any atom is 0.231 e. The maximum atomic E-state index is 5.49. The van der Waals surface area contributed by atoms with Crippen molar-refractivity contribution in [2.24, 2.45) is 0 Å². The van der Waals surface area contributed by atoms with Gasteiger partial charge < -0.3 is 14.2 Å². The van der Waals surface area contributed by atoms with Gasteiger partial charge in [-0.2, -0.15) is 0 Å². The highest BCUT2D eigenvalue weighted by molar-refractivity contribution is 5.44. The van der Waals surface area contributed by atoms with E-state index in [0.717, 1.165) is 24.7 Å². The summed E-state index contributed by atoms with van der Waals surface area (Å²) < 4.78 is 16.3. The van der Waals surface area contributed by atoms with Crippen LogP contribution in [0.2, 0.25) is 0 Å². The minimum Gasteiger partial charge on any atom is -0.454 e. The summed E-state index contributed by atoms with van der Waals surface area (Å²) in [5.74, 6) is 1.76. The highest BCUT2D eigenvalue weighted by Crippen LogP contribution is 2.41. The van der Waals surface area contributed by atoms with Crippen LogP contribution in [0.25, 0.3) is 0 Å². The van der Waals surface area contributed by atoms with Crippen molar-refractivity contribution in [3.63, 3.8) is 0 Å². The average molecular weight is 332 g/mol. The van der Waals surface area contributed by atoms with Gasteiger partial charge in [0.05, 0.1) is 6.61 Å². The number of hydrogen-bond acceptors (Lipinski definition) is 5. The number of nitrogens with zero attached hydrogens (tertiary/aromatic N) is 2. The van der Waals surface area contributed by atoms with Gasteiger partial charge in [0.1, 0.15) is 0 Å². The largest absolute Gasteiger partial charge is 0.454 e. The van der Waals surface area contributed by atoms with Gasteiger partial charge >= 0.3 is 0 Å². The van der Waals surface area contributed by atoms with E-state index in [1.807, 2.05) is 13.2 Å². The zero-order valence-corrected chi connectivity index (χ0v) is 14.8. The normalized spacial score (nSPS) is 26.3. The van der Waals surface area contributed by atoms with Gasteiger partial charge in [-0.1, -0.05) is 6.07 Å². The zero-order chi connectivity index (χ0) is 16.6. The lowest BCUT2D eigenvalue weighted by molar-refractivity contribution is 0.0282. The Labute approximate surface area is 144 Å². The van der Waals surface area contributed by atoms with E-state index in [-0.39, 0.29) is 0 Å². The summed E-state index contributed by atoms with van der Waals surface area (Å²) in [5, 5.41) is 0. The molecule has 0 radical (unpaired) electrons.